The molecule has 0 saturated heterocycles. The van der Waals surface area contributed by atoms with Crippen molar-refractivity contribution in [2.24, 2.45) is 5.41 Å². The van der Waals surface area contributed by atoms with Crippen LogP contribution in [0.5, 0.6) is 46.0 Å². The molecule has 0 radical (unpaired) electrons. The molecule has 2 aliphatic carbocycles. The molecule has 0 spiro atoms. The number of nitrogens with zero attached hydrogens (tertiary/aromatic N) is 2. The van der Waals surface area contributed by atoms with Gasteiger partial charge < -0.3 is 47.9 Å². The molecule has 12 heteroatoms. The van der Waals surface area contributed by atoms with Crippen LogP contribution in [0.3, 0.4) is 0 Å². The number of benzene rings is 5. The van der Waals surface area contributed by atoms with Crippen molar-refractivity contribution < 1.29 is 37.9 Å². The van der Waals surface area contributed by atoms with Gasteiger partial charge in [0.25, 0.3) is 0 Å². The largest absolute Gasteiger partial charge is 0.493 e. The molecular weight excluding hydrogens is 857 g/mol. The van der Waals surface area contributed by atoms with E-state index in [-0.39, 0.29) is 5.41 Å². The van der Waals surface area contributed by atoms with Crippen molar-refractivity contribution in [2.45, 2.75) is 46.0 Å². The van der Waals surface area contributed by atoms with Crippen LogP contribution < -0.4 is 37.9 Å². The van der Waals surface area contributed by atoms with Crippen LogP contribution in [0.1, 0.15) is 50.1 Å². The van der Waals surface area contributed by atoms with Crippen molar-refractivity contribution in [3.63, 3.8) is 0 Å². The Kier molecular flexibility index (Phi) is 12.7. The molecule has 5 aromatic carbocycles. The molecule has 2 aromatic heterocycles. The summed E-state index contributed by atoms with van der Waals surface area (Å²) < 4.78 is 45.3. The Balaban J connectivity index is 1.08. The van der Waals surface area contributed by atoms with Crippen molar-refractivity contribution in [2.75, 3.05) is 56.9 Å². The van der Waals surface area contributed by atoms with Crippen molar-refractivity contribution in [3.8, 4) is 102 Å². The Labute approximate surface area is 397 Å². The Hall–Kier alpha value is -7.60. The summed E-state index contributed by atoms with van der Waals surface area (Å²) in [4.78, 5) is 18.2. The van der Waals surface area contributed by atoms with Gasteiger partial charge in [0.2, 0.25) is 0 Å². The molecule has 68 heavy (non-hydrogen) atoms. The number of fused-ring (bicyclic) bond motifs is 1. The van der Waals surface area contributed by atoms with Crippen LogP contribution in [0.4, 0.5) is 0 Å². The third-order valence-corrected chi connectivity index (χ3v) is 13.4. The van der Waals surface area contributed by atoms with Crippen LogP contribution in [-0.2, 0) is 12.8 Å². The lowest BCUT2D eigenvalue weighted by Gasteiger charge is -2.23. The summed E-state index contributed by atoms with van der Waals surface area (Å²) in [7, 11) is 13.1. The van der Waals surface area contributed by atoms with Gasteiger partial charge in [-0.1, -0.05) is 43.2 Å². The summed E-state index contributed by atoms with van der Waals surface area (Å²) in [6.45, 7) is 4.43. The molecule has 7 aromatic rings. The van der Waals surface area contributed by atoms with Crippen LogP contribution >= 0.6 is 0 Å². The molecule has 2 N–H and O–H groups in total. The average Bonchev–Trinajstić information content (AvgIpc) is 3.65. The minimum atomic E-state index is 0.0313. The van der Waals surface area contributed by atoms with E-state index in [9.17, 15) is 0 Å². The monoisotopic (exact) mass is 914 g/mol. The third-order valence-electron chi connectivity index (χ3n) is 13.4. The quantitative estimate of drug-likeness (QED) is 0.0858. The van der Waals surface area contributed by atoms with E-state index in [0.29, 0.717) is 46.0 Å². The van der Waals surface area contributed by atoms with E-state index < -0.39 is 0 Å². The molecule has 2 heterocycles. The van der Waals surface area contributed by atoms with Gasteiger partial charge >= 0.3 is 0 Å². The molecule has 350 valence electrons. The number of rotatable bonds is 18. The first-order chi connectivity index (χ1) is 33.1. The number of aryl methyl sites for hydroxylation is 1. The predicted molar refractivity (Wildman–Crippen MR) is 267 cm³/mol. The maximum absolute atomic E-state index is 5.74. The summed E-state index contributed by atoms with van der Waals surface area (Å²) >= 11 is 0. The van der Waals surface area contributed by atoms with Crippen LogP contribution in [0.15, 0.2) is 108 Å². The topological polar surface area (TPSA) is 131 Å². The zero-order valence-electron chi connectivity index (χ0n) is 40.4. The molecule has 2 aliphatic rings. The van der Waals surface area contributed by atoms with Crippen molar-refractivity contribution in [3.05, 3.63) is 125 Å². The second-order valence-corrected chi connectivity index (χ2v) is 17.1. The van der Waals surface area contributed by atoms with E-state index in [2.05, 4.69) is 48.1 Å². The number of aromatic amines is 2. The fraction of sp³-hybridized carbons (Fsp3) is 0.286. The van der Waals surface area contributed by atoms with Gasteiger partial charge in [0.15, 0.2) is 46.0 Å². The van der Waals surface area contributed by atoms with Crippen LogP contribution in [0.25, 0.3) is 62.0 Å². The number of aromatic nitrogens is 4. The fourth-order valence-corrected chi connectivity index (χ4v) is 9.71. The van der Waals surface area contributed by atoms with Gasteiger partial charge in [-0.2, -0.15) is 0 Å². The Morgan fingerprint density at radius 1 is 0.471 bits per heavy atom. The van der Waals surface area contributed by atoms with Gasteiger partial charge in [-0.25, -0.2) is 9.97 Å². The van der Waals surface area contributed by atoms with Gasteiger partial charge in [0, 0.05) is 38.8 Å². The van der Waals surface area contributed by atoms with Crippen molar-refractivity contribution in [1.29, 1.82) is 0 Å². The van der Waals surface area contributed by atoms with E-state index in [1.54, 1.807) is 56.9 Å². The molecule has 1 unspecified atom stereocenters. The lowest BCUT2D eigenvalue weighted by atomic mass is 9.82. The molecule has 0 bridgehead atoms. The van der Waals surface area contributed by atoms with Gasteiger partial charge in [-0.15, -0.1) is 0 Å². The fourth-order valence-electron chi connectivity index (χ4n) is 9.71. The molecule has 12 nitrogen and oxygen atoms in total. The highest BCUT2D eigenvalue weighted by molar-refractivity contribution is 5.87. The minimum Gasteiger partial charge on any atom is -0.493 e. The van der Waals surface area contributed by atoms with Gasteiger partial charge in [0.1, 0.15) is 11.6 Å². The zero-order chi connectivity index (χ0) is 47.7. The van der Waals surface area contributed by atoms with Gasteiger partial charge in [-0.3, -0.25) is 0 Å². The number of hydrogen-bond donors (Lipinski definition) is 2. The maximum atomic E-state index is 5.74. The number of H-pyrrole nitrogens is 2. The number of methoxy groups -OCH3 is 8. The van der Waals surface area contributed by atoms with Crippen LogP contribution in [0, 0.1) is 5.41 Å². The minimum absolute atomic E-state index is 0.0313. The third kappa shape index (κ3) is 8.28. The summed E-state index contributed by atoms with van der Waals surface area (Å²) in [5.74, 6) is 6.72. The normalized spacial score (nSPS) is 15.1. The van der Waals surface area contributed by atoms with E-state index >= 15 is 0 Å². The smallest absolute Gasteiger partial charge is 0.161 e. The van der Waals surface area contributed by atoms with Crippen LogP contribution in [-0.4, -0.2) is 76.8 Å². The second-order valence-electron chi connectivity index (χ2n) is 17.1. The SMILES string of the molecule is CCC1=C(c2nc(-c3ccc(OC)c(OC)c3)c(-c3ccc(OC)c(OC)c3)[nH]2)C=C2CC2(Cc2ccc(CC)c(-c3nc(-c4ccc(OC)c(OC)c4)c(-c4ccc(OC)c(OC)c4)[nH]3)c2)C1. The van der Waals surface area contributed by atoms with Gasteiger partial charge in [-0.05, 0) is 122 Å². The number of hydrogen-bond acceptors (Lipinski definition) is 10. The molecule has 1 saturated carbocycles. The summed E-state index contributed by atoms with van der Waals surface area (Å²) in [6, 6.07) is 30.5. The second kappa shape index (κ2) is 18.9. The molecule has 0 aliphatic heterocycles. The first kappa shape index (κ1) is 45.6. The zero-order valence-corrected chi connectivity index (χ0v) is 40.4. The van der Waals surface area contributed by atoms with Crippen LogP contribution in [0.2, 0.25) is 0 Å². The lowest BCUT2D eigenvalue weighted by molar-refractivity contribution is 0.355. The highest BCUT2D eigenvalue weighted by Crippen LogP contribution is 2.62. The summed E-state index contributed by atoms with van der Waals surface area (Å²) in [6.07, 6.45) is 6.99. The Morgan fingerprint density at radius 3 is 1.37 bits per heavy atom. The molecule has 1 fully saturated rings. The van der Waals surface area contributed by atoms with Crippen molar-refractivity contribution >= 4 is 5.57 Å². The van der Waals surface area contributed by atoms with Gasteiger partial charge in [0.05, 0.1) is 79.7 Å². The first-order valence-electron chi connectivity index (χ1n) is 22.8. The summed E-state index contributed by atoms with van der Waals surface area (Å²) in [5, 5.41) is 0. The number of imidazole rings is 2. The Morgan fingerprint density at radius 2 is 0.912 bits per heavy atom. The highest BCUT2D eigenvalue weighted by atomic mass is 16.5. The maximum Gasteiger partial charge on any atom is 0.161 e. The number of ether oxygens (including phenoxy) is 8. The van der Waals surface area contributed by atoms with Crippen molar-refractivity contribution in [1.82, 2.24) is 19.9 Å². The first-order valence-corrected chi connectivity index (χ1v) is 22.8. The predicted octanol–water partition coefficient (Wildman–Crippen LogP) is 12.2. The molecule has 0 amide bonds. The Bertz CT molecular complexity index is 2940. The average molecular weight is 915 g/mol. The number of allylic oxidation sites excluding steroid dienone is 4. The summed E-state index contributed by atoms with van der Waals surface area (Å²) in [5.41, 5.74) is 14.4. The molecule has 1 atom stereocenters. The van der Waals surface area contributed by atoms with E-state index in [0.717, 1.165) is 99.9 Å². The molecule has 9 rings (SSSR count). The van der Waals surface area contributed by atoms with E-state index in [1.807, 2.05) is 72.8 Å². The van der Waals surface area contributed by atoms with E-state index in [1.165, 1.54) is 22.3 Å². The number of nitrogens with one attached hydrogen (secondary N) is 2. The molecular formula is C56H58N4O8. The lowest BCUT2D eigenvalue weighted by Crippen LogP contribution is -2.12. The standard InChI is InChI=1S/C56H58N4O8/c1-11-33-14-13-32(23-40(33)54-57-50(35-15-19-42(61-3)46(24-35)65-7)51(58-54)36-16-20-43(62-4)47(25-36)66-8)29-56-30-34(12-2)41(28-39(56)31-56)55-59-52(37-17-21-44(63-5)48(26-37)67-9)53(60-55)38-18-22-45(64-6)49(27-38)68-10/h13-28H,11-12,29-31H2,1-10H3,(H,57,58)(H,59,60). The highest BCUT2D eigenvalue weighted by Gasteiger charge is 2.51. The van der Waals surface area contributed by atoms with E-state index in [4.69, 9.17) is 47.9 Å².